The summed E-state index contributed by atoms with van der Waals surface area (Å²) in [6, 6.07) is 0. The number of halogens is 1. The Balaban J connectivity index is -0.0000000942. The monoisotopic (exact) mass is 424 g/mol. The van der Waals surface area contributed by atoms with Crippen molar-refractivity contribution in [3.63, 3.8) is 0 Å². The fourth-order valence-electron chi connectivity index (χ4n) is 1.07. The van der Waals surface area contributed by atoms with Crippen LogP contribution < -0.4 is 24.0 Å². The van der Waals surface area contributed by atoms with Gasteiger partial charge in [-0.2, -0.15) is 0 Å². The minimum atomic E-state index is 0. The molecule has 0 spiro atoms. The Kier molecular flexibility index (Phi) is 32.5. The first-order valence-corrected chi connectivity index (χ1v) is 3.68. The molecule has 2 aliphatic rings. The third-order valence-electron chi connectivity index (χ3n) is 1.55. The van der Waals surface area contributed by atoms with Crippen molar-refractivity contribution in [3.8, 4) is 0 Å². The molecule has 3 nitrogen and oxygen atoms in total. The van der Waals surface area contributed by atoms with E-state index in [1.165, 1.54) is 11.8 Å². The molecule has 85 valence electrons. The van der Waals surface area contributed by atoms with E-state index in [4.69, 9.17) is 14.0 Å². The molecule has 0 amide bonds. The zero-order valence-electron chi connectivity index (χ0n) is 8.55. The first kappa shape index (κ1) is 25.8. The van der Waals surface area contributed by atoms with Crippen LogP contribution in [0.2, 0.25) is 0 Å². The molecule has 1 saturated carbocycles. The van der Waals surface area contributed by atoms with Crippen LogP contribution in [0.5, 0.6) is 0 Å². The minimum Gasteiger partial charge on any atom is -1.00 e. The second kappa shape index (κ2) is 21.4. The van der Waals surface area contributed by atoms with Crippen LogP contribution in [0.1, 0.15) is 0 Å². The molecule has 0 heterocycles. The van der Waals surface area contributed by atoms with Crippen LogP contribution >= 0.6 is 0 Å². The van der Waals surface area contributed by atoms with Crippen molar-refractivity contribution in [1.82, 2.24) is 0 Å². The molecule has 0 aliphatic heterocycles. The van der Waals surface area contributed by atoms with Crippen molar-refractivity contribution >= 4 is 0 Å². The third-order valence-corrected chi connectivity index (χ3v) is 1.55. The van der Waals surface area contributed by atoms with Crippen LogP contribution in [-0.2, 0) is 35.0 Å². The summed E-state index contributed by atoms with van der Waals surface area (Å²) in [4.78, 5) is 0. The third kappa shape index (κ3) is 11.0. The molecule has 0 atom stereocenters. The molecule has 5 radical (unpaired) electrons. The van der Waals surface area contributed by atoms with Crippen LogP contribution in [0, 0.1) is 51.0 Å². The topological polar surface area (TPSA) is 59.7 Å². The van der Waals surface area contributed by atoms with Gasteiger partial charge in [0.15, 0.2) is 0 Å². The summed E-state index contributed by atoms with van der Waals surface area (Å²) in [5.41, 5.74) is 0. The number of allylic oxidation sites excluding steroid dienone is 4. The number of hydrogen-bond donors (Lipinski definition) is 0. The second-order valence-corrected chi connectivity index (χ2v) is 2.15. The molecule has 2 rings (SSSR count). The molecule has 0 aromatic heterocycles. The van der Waals surface area contributed by atoms with E-state index in [1.807, 2.05) is 0 Å². The van der Waals surface area contributed by atoms with E-state index < -0.39 is 0 Å². The molecular formula is C12H7IMoO3+. The van der Waals surface area contributed by atoms with Gasteiger partial charge >= 0.3 is 55.0 Å². The Bertz CT molecular complexity index is 236. The molecule has 0 unspecified atom stereocenters. The van der Waals surface area contributed by atoms with Crippen LogP contribution in [-0.4, -0.2) is 0 Å². The van der Waals surface area contributed by atoms with E-state index >= 15 is 0 Å². The van der Waals surface area contributed by atoms with Crippen LogP contribution in [0.25, 0.3) is 0 Å². The van der Waals surface area contributed by atoms with E-state index in [-0.39, 0.29) is 45.0 Å². The molecule has 5 heteroatoms. The van der Waals surface area contributed by atoms with Gasteiger partial charge in [-0.3, -0.25) is 0 Å². The SMILES string of the molecule is [C-]#[O+].[C-]#[O+].[C-]#[O+].[CH]1[CH][C]2C=CC=C[C]2[CH]1.[I-].[Mo+2]. The summed E-state index contributed by atoms with van der Waals surface area (Å²) in [6.07, 6.45) is 14.7. The van der Waals surface area contributed by atoms with Crippen LogP contribution in [0.15, 0.2) is 24.3 Å². The van der Waals surface area contributed by atoms with Gasteiger partial charge in [0.2, 0.25) is 0 Å². The Hall–Kier alpha value is 0.118. The summed E-state index contributed by atoms with van der Waals surface area (Å²) in [6.45, 7) is 13.5. The normalized spacial score (nSPS) is 14.7. The van der Waals surface area contributed by atoms with Crippen molar-refractivity contribution < 1.29 is 59.0 Å². The first-order chi connectivity index (χ1) is 7.47. The van der Waals surface area contributed by atoms with Crippen LogP contribution in [0.3, 0.4) is 0 Å². The van der Waals surface area contributed by atoms with E-state index in [9.17, 15) is 0 Å². The summed E-state index contributed by atoms with van der Waals surface area (Å²) in [5.74, 6) is 2.66. The molecule has 0 saturated heterocycles. The summed E-state index contributed by atoms with van der Waals surface area (Å²) < 4.78 is 22.5. The Labute approximate surface area is 134 Å². The van der Waals surface area contributed by atoms with Gasteiger partial charge in [-0.05, 0) is 19.3 Å². The number of rotatable bonds is 0. The molecule has 2 aliphatic carbocycles. The smallest absolute Gasteiger partial charge is 1.00 e. The maximum absolute atomic E-state index is 7.50. The van der Waals surface area contributed by atoms with Crippen molar-refractivity contribution in [2.45, 2.75) is 0 Å². The van der Waals surface area contributed by atoms with E-state index in [0.717, 1.165) is 0 Å². The van der Waals surface area contributed by atoms with Gasteiger partial charge < -0.3 is 24.0 Å². The molecule has 0 aromatic rings. The fourth-order valence-corrected chi connectivity index (χ4v) is 1.07. The predicted octanol–water partition coefficient (Wildman–Crippen LogP) is -1.22. The van der Waals surface area contributed by atoms with Crippen molar-refractivity contribution in [2.24, 2.45) is 0 Å². The molecule has 1 fully saturated rings. The van der Waals surface area contributed by atoms with Gasteiger partial charge in [0.1, 0.15) is 0 Å². The zero-order valence-corrected chi connectivity index (χ0v) is 12.7. The van der Waals surface area contributed by atoms with Crippen molar-refractivity contribution in [2.75, 3.05) is 0 Å². The van der Waals surface area contributed by atoms with Gasteiger partial charge in [-0.1, -0.05) is 24.3 Å². The van der Waals surface area contributed by atoms with Crippen molar-refractivity contribution in [3.05, 3.63) is 75.4 Å². The van der Waals surface area contributed by atoms with Gasteiger partial charge in [0.25, 0.3) is 0 Å². The van der Waals surface area contributed by atoms with E-state index in [2.05, 4.69) is 63.5 Å². The summed E-state index contributed by atoms with van der Waals surface area (Å²) in [7, 11) is 0. The minimum absolute atomic E-state index is 0. The Morgan fingerprint density at radius 2 is 1.00 bits per heavy atom. The van der Waals surface area contributed by atoms with Crippen molar-refractivity contribution in [1.29, 1.82) is 0 Å². The van der Waals surface area contributed by atoms with Gasteiger partial charge in [0, 0.05) is 11.8 Å². The largest absolute Gasteiger partial charge is 2.00 e. The average molecular weight is 422 g/mol. The van der Waals surface area contributed by atoms with E-state index in [0.29, 0.717) is 0 Å². The summed E-state index contributed by atoms with van der Waals surface area (Å²) >= 11 is 0. The van der Waals surface area contributed by atoms with Crippen LogP contribution in [0.4, 0.5) is 0 Å². The number of hydrogen-bond acceptors (Lipinski definition) is 0. The standard InChI is InChI=1S/C9H7.3CO.HI.Mo/c1-2-5-9-7-3-6-8(9)4-1;3*1-2;;/h1-7H;;;;1H;/q;;;;;+2/p-1. The maximum atomic E-state index is 7.50. The zero-order chi connectivity index (χ0) is 12.1. The maximum Gasteiger partial charge on any atom is 2.00 e. The first-order valence-electron chi connectivity index (χ1n) is 3.68. The molecule has 17 heavy (non-hydrogen) atoms. The Morgan fingerprint density at radius 3 is 1.29 bits per heavy atom. The molecular weight excluding hydrogens is 415 g/mol. The molecule has 0 N–H and O–H groups in total. The van der Waals surface area contributed by atoms with Gasteiger partial charge in [0.05, 0.1) is 0 Å². The van der Waals surface area contributed by atoms with Gasteiger partial charge in [-0.15, -0.1) is 0 Å². The number of fused-ring (bicyclic) bond motifs is 1. The van der Waals surface area contributed by atoms with E-state index in [1.54, 1.807) is 0 Å². The predicted molar refractivity (Wildman–Crippen MR) is 49.5 cm³/mol. The Morgan fingerprint density at radius 1 is 0.706 bits per heavy atom. The summed E-state index contributed by atoms with van der Waals surface area (Å²) in [5, 5.41) is 0. The molecule has 0 bridgehead atoms. The molecule has 0 aromatic carbocycles. The van der Waals surface area contributed by atoms with Gasteiger partial charge in [-0.25, -0.2) is 0 Å². The quantitative estimate of drug-likeness (QED) is 0.204. The fraction of sp³-hybridized carbons (Fsp3) is 0. The average Bonchev–Trinajstić information content (AvgIpc) is 2.85. The second-order valence-electron chi connectivity index (χ2n) is 2.15.